The lowest BCUT2D eigenvalue weighted by Crippen LogP contribution is -2.45. The number of nitrogens with one attached hydrogen (secondary N) is 1. The summed E-state index contributed by atoms with van der Waals surface area (Å²) in [6.45, 7) is 3.92. The summed E-state index contributed by atoms with van der Waals surface area (Å²) in [6.07, 6.45) is 0.788. The fraction of sp³-hybridized carbons (Fsp3) is 0.419. The molecule has 3 heterocycles. The highest BCUT2D eigenvalue weighted by molar-refractivity contribution is 8.00. The van der Waals surface area contributed by atoms with Gasteiger partial charge in [-0.15, -0.1) is 11.8 Å². The van der Waals surface area contributed by atoms with E-state index in [1.165, 1.54) is 16.2 Å². The number of imide groups is 1. The van der Waals surface area contributed by atoms with Crippen molar-refractivity contribution in [3.8, 4) is 5.75 Å². The van der Waals surface area contributed by atoms with E-state index in [9.17, 15) is 19.2 Å². The van der Waals surface area contributed by atoms with Crippen LogP contribution in [0.25, 0.3) is 0 Å². The number of carbonyl (C=O) groups is 3. The summed E-state index contributed by atoms with van der Waals surface area (Å²) in [5, 5.41) is 0.937. The number of aromatic amines is 1. The highest BCUT2D eigenvalue weighted by atomic mass is 32.2. The van der Waals surface area contributed by atoms with Crippen LogP contribution in [0.3, 0.4) is 0 Å². The average Bonchev–Trinajstić information content (AvgIpc) is 3.71. The summed E-state index contributed by atoms with van der Waals surface area (Å²) < 4.78 is 11.3. The van der Waals surface area contributed by atoms with Gasteiger partial charge in [-0.2, -0.15) is 0 Å². The van der Waals surface area contributed by atoms with Crippen LogP contribution in [0.2, 0.25) is 0 Å². The fourth-order valence-corrected chi connectivity index (χ4v) is 10.6. The number of benzene rings is 2. The van der Waals surface area contributed by atoms with Crippen molar-refractivity contribution in [2.75, 3.05) is 6.61 Å². The number of rotatable bonds is 7. The van der Waals surface area contributed by atoms with Crippen LogP contribution >= 0.6 is 23.1 Å². The van der Waals surface area contributed by atoms with Crippen LogP contribution in [0, 0.1) is 29.6 Å². The quantitative estimate of drug-likeness (QED) is 0.320. The van der Waals surface area contributed by atoms with Crippen LogP contribution in [0.15, 0.2) is 64.4 Å². The Labute approximate surface area is 245 Å². The number of thioether (sulfide) groups is 1. The number of aromatic nitrogens is 1. The van der Waals surface area contributed by atoms with E-state index in [4.69, 9.17) is 9.47 Å². The van der Waals surface area contributed by atoms with Gasteiger partial charge in [0.1, 0.15) is 18.4 Å². The van der Waals surface area contributed by atoms with Crippen LogP contribution in [-0.4, -0.2) is 45.6 Å². The smallest absolute Gasteiger partial charge is 0.329 e. The molecule has 212 valence electrons. The molecule has 0 radical (unpaired) electrons. The van der Waals surface area contributed by atoms with Gasteiger partial charge in [-0.1, -0.05) is 53.8 Å². The molecule has 1 aromatic heterocycles. The molecular weight excluding hydrogens is 560 g/mol. The maximum atomic E-state index is 13.8. The minimum absolute atomic E-state index is 0.00703. The van der Waals surface area contributed by atoms with Crippen molar-refractivity contribution >= 4 is 40.9 Å². The maximum absolute atomic E-state index is 13.8. The number of likely N-dealkylation sites (tertiary alicyclic amines) is 1. The number of esters is 1. The standard InChI is InChI=1S/C31H30N2O6S2/c1-3-38-30(36)15(2)33-28(34)23-19-13-20(24(23)29(33)35)25-22(19)21(26-27(40-25)32-31(37)41-26)17-10-7-11-18(12-17)39-14-16-8-5-4-6-9-16/h4-12,15,19-25H,3,13-14H2,1-2H3,(H,32,37). The molecule has 2 aromatic carbocycles. The average molecular weight is 591 g/mol. The zero-order chi connectivity index (χ0) is 28.4. The zero-order valence-corrected chi connectivity index (χ0v) is 24.3. The molecule has 1 N–H and O–H groups in total. The first-order chi connectivity index (χ1) is 19.9. The number of hydrogen-bond acceptors (Lipinski definition) is 8. The van der Waals surface area contributed by atoms with Crippen molar-refractivity contribution in [1.29, 1.82) is 0 Å². The molecular formula is C31H30N2O6S2. The molecule has 2 amide bonds. The van der Waals surface area contributed by atoms with Gasteiger partial charge in [-0.05, 0) is 61.3 Å². The molecule has 2 saturated carbocycles. The topological polar surface area (TPSA) is 106 Å². The number of amides is 2. The molecule has 2 bridgehead atoms. The Morgan fingerprint density at radius 3 is 2.56 bits per heavy atom. The van der Waals surface area contributed by atoms with E-state index in [1.54, 1.807) is 25.6 Å². The molecule has 8 atom stereocenters. The van der Waals surface area contributed by atoms with E-state index < -0.39 is 23.8 Å². The van der Waals surface area contributed by atoms with Crippen molar-refractivity contribution in [3.63, 3.8) is 0 Å². The Morgan fingerprint density at radius 2 is 1.80 bits per heavy atom. The number of carbonyl (C=O) groups excluding carboxylic acids is 3. The Balaban J connectivity index is 1.23. The van der Waals surface area contributed by atoms with E-state index >= 15 is 0 Å². The number of H-pyrrole nitrogens is 1. The largest absolute Gasteiger partial charge is 0.489 e. The molecule has 3 fully saturated rings. The van der Waals surface area contributed by atoms with Crippen molar-refractivity contribution in [2.45, 2.75) is 49.1 Å². The Hall–Kier alpha value is -3.37. The number of fused-ring (bicyclic) bond motifs is 9. The van der Waals surface area contributed by atoms with Crippen LogP contribution in [0.4, 0.5) is 0 Å². The first-order valence-electron chi connectivity index (χ1n) is 14.1. The van der Waals surface area contributed by atoms with E-state index in [0.29, 0.717) is 6.61 Å². The van der Waals surface area contributed by atoms with Gasteiger partial charge in [-0.3, -0.25) is 19.3 Å². The lowest BCUT2D eigenvalue weighted by Gasteiger charge is -2.43. The van der Waals surface area contributed by atoms with Crippen molar-refractivity contribution in [2.24, 2.45) is 29.6 Å². The summed E-state index contributed by atoms with van der Waals surface area (Å²) in [7, 11) is 0. The monoisotopic (exact) mass is 590 g/mol. The summed E-state index contributed by atoms with van der Waals surface area (Å²) in [5.74, 6) is -1.29. The lowest BCUT2D eigenvalue weighted by atomic mass is 9.68. The number of thiazole rings is 1. The van der Waals surface area contributed by atoms with E-state index in [1.807, 2.05) is 42.5 Å². The van der Waals surface area contributed by atoms with Crippen molar-refractivity contribution < 1.29 is 23.9 Å². The molecule has 7 rings (SSSR count). The van der Waals surface area contributed by atoms with Gasteiger partial charge < -0.3 is 14.5 Å². The van der Waals surface area contributed by atoms with E-state index in [0.717, 1.165) is 33.2 Å². The number of hydrogen-bond donors (Lipinski definition) is 1. The number of ether oxygens (including phenoxy) is 2. The Morgan fingerprint density at radius 1 is 1.05 bits per heavy atom. The summed E-state index contributed by atoms with van der Waals surface area (Å²) >= 11 is 2.88. The third-order valence-corrected chi connectivity index (χ3v) is 11.8. The number of nitrogens with zero attached hydrogens (tertiary/aromatic N) is 1. The van der Waals surface area contributed by atoms with Gasteiger partial charge >= 0.3 is 10.8 Å². The van der Waals surface area contributed by atoms with Crippen molar-refractivity contribution in [3.05, 3.63) is 80.3 Å². The van der Waals surface area contributed by atoms with Crippen LogP contribution in [0.5, 0.6) is 5.75 Å². The van der Waals surface area contributed by atoms with Crippen LogP contribution in [-0.2, 0) is 25.7 Å². The van der Waals surface area contributed by atoms with Gasteiger partial charge in [-0.25, -0.2) is 4.79 Å². The summed E-state index contributed by atoms with van der Waals surface area (Å²) in [5.41, 5.74) is 2.11. The molecule has 2 aliphatic heterocycles. The SMILES string of the molecule is CCOC(=O)C(C)N1C(=O)C2C3CC(C2C1=O)C1C(c2cccc(OCc4ccccc4)c2)c2sc(=O)[nH]c2SC31. The second-order valence-corrected chi connectivity index (χ2v) is 13.5. The minimum atomic E-state index is -0.943. The van der Waals surface area contributed by atoms with Crippen LogP contribution < -0.4 is 9.61 Å². The van der Waals surface area contributed by atoms with Crippen molar-refractivity contribution in [1.82, 2.24) is 9.88 Å². The molecule has 1 saturated heterocycles. The molecule has 2 aliphatic carbocycles. The van der Waals surface area contributed by atoms with Gasteiger partial charge in [0, 0.05) is 16.0 Å². The van der Waals surface area contributed by atoms with Gasteiger partial charge in [0.15, 0.2) is 0 Å². The molecule has 3 aromatic rings. The van der Waals surface area contributed by atoms with E-state index in [-0.39, 0.29) is 52.2 Å². The third-order valence-electron chi connectivity index (χ3n) is 9.24. The maximum Gasteiger partial charge on any atom is 0.329 e. The normalized spacial score (nSPS) is 30.1. The third kappa shape index (κ3) is 4.17. The first kappa shape index (κ1) is 26.5. The second-order valence-electron chi connectivity index (χ2n) is 11.3. The summed E-state index contributed by atoms with van der Waals surface area (Å²) in [6, 6.07) is 17.1. The predicted molar refractivity (Wildman–Crippen MR) is 154 cm³/mol. The van der Waals surface area contributed by atoms with E-state index in [2.05, 4.69) is 17.1 Å². The summed E-state index contributed by atoms with van der Waals surface area (Å²) in [4.78, 5) is 57.6. The minimum Gasteiger partial charge on any atom is -0.489 e. The Bertz CT molecular complexity index is 1580. The van der Waals surface area contributed by atoms with Gasteiger partial charge in [0.25, 0.3) is 0 Å². The van der Waals surface area contributed by atoms with Gasteiger partial charge in [0.2, 0.25) is 11.8 Å². The molecule has 4 aliphatic rings. The molecule has 8 unspecified atom stereocenters. The lowest BCUT2D eigenvalue weighted by molar-refractivity contribution is -0.158. The molecule has 8 nitrogen and oxygen atoms in total. The highest BCUT2D eigenvalue weighted by Crippen LogP contribution is 2.68. The molecule has 0 spiro atoms. The Kier molecular flexibility index (Phi) is 6.58. The zero-order valence-electron chi connectivity index (χ0n) is 22.6. The molecule has 10 heteroatoms. The molecule has 41 heavy (non-hydrogen) atoms. The highest BCUT2D eigenvalue weighted by Gasteiger charge is 2.70. The fourth-order valence-electron chi connectivity index (χ4n) is 7.70. The van der Waals surface area contributed by atoms with Gasteiger partial charge in [0.05, 0.1) is 23.5 Å². The second kappa shape index (κ2) is 10.2. The predicted octanol–water partition coefficient (Wildman–Crippen LogP) is 4.44. The van der Waals surface area contributed by atoms with Crippen LogP contribution in [0.1, 0.15) is 42.2 Å². The first-order valence-corrected chi connectivity index (χ1v) is 15.8.